The molecule has 2 aromatic rings. The Morgan fingerprint density at radius 2 is 1.89 bits per heavy atom. The number of para-hydroxylation sites is 1. The van der Waals surface area contributed by atoms with Crippen LogP contribution >= 0.6 is 15.9 Å². The van der Waals surface area contributed by atoms with Gasteiger partial charge in [-0.3, -0.25) is 0 Å². The Kier molecular flexibility index (Phi) is 3.74. The van der Waals surface area contributed by atoms with Crippen LogP contribution in [-0.4, -0.2) is 13.2 Å². The third-order valence-corrected chi connectivity index (χ3v) is 3.88. The molecule has 19 heavy (non-hydrogen) atoms. The molecule has 0 radical (unpaired) electrons. The number of rotatable bonds is 3. The fourth-order valence-corrected chi connectivity index (χ4v) is 2.58. The molecule has 2 aromatic carbocycles. The molecule has 1 atom stereocenters. The zero-order valence-electron chi connectivity index (χ0n) is 10.5. The lowest BCUT2D eigenvalue weighted by molar-refractivity contribution is 0.217. The van der Waals surface area contributed by atoms with Gasteiger partial charge in [-0.1, -0.05) is 34.1 Å². The van der Waals surface area contributed by atoms with Gasteiger partial charge in [0.1, 0.15) is 11.5 Å². The van der Waals surface area contributed by atoms with Crippen molar-refractivity contribution in [3.63, 3.8) is 0 Å². The average Bonchev–Trinajstić information content (AvgIpc) is 2.47. The Bertz CT molecular complexity index is 551. The van der Waals surface area contributed by atoms with Gasteiger partial charge in [-0.05, 0) is 36.8 Å². The lowest BCUT2D eigenvalue weighted by Crippen LogP contribution is -2.19. The lowest BCUT2D eigenvalue weighted by Gasteiger charge is -2.25. The monoisotopic (exact) mass is 318 g/mol. The number of hydrogen-bond donors (Lipinski definition) is 0. The van der Waals surface area contributed by atoms with Crippen molar-refractivity contribution in [2.75, 3.05) is 13.2 Å². The van der Waals surface area contributed by atoms with Crippen molar-refractivity contribution in [1.29, 1.82) is 0 Å². The molecule has 0 bridgehead atoms. The van der Waals surface area contributed by atoms with Crippen molar-refractivity contribution in [3.8, 4) is 11.5 Å². The van der Waals surface area contributed by atoms with Crippen LogP contribution in [0.2, 0.25) is 0 Å². The highest BCUT2D eigenvalue weighted by Crippen LogP contribution is 2.33. The van der Waals surface area contributed by atoms with Crippen LogP contribution in [0.25, 0.3) is 0 Å². The largest absolute Gasteiger partial charge is 0.493 e. The van der Waals surface area contributed by atoms with E-state index in [-0.39, 0.29) is 0 Å². The molecule has 1 heterocycles. The first kappa shape index (κ1) is 12.5. The first-order valence-corrected chi connectivity index (χ1v) is 7.22. The summed E-state index contributed by atoms with van der Waals surface area (Å²) in [5, 5.41) is 0. The Morgan fingerprint density at radius 3 is 2.74 bits per heavy atom. The van der Waals surface area contributed by atoms with Crippen molar-refractivity contribution < 1.29 is 9.47 Å². The van der Waals surface area contributed by atoms with Crippen LogP contribution in [0, 0.1) is 0 Å². The fourth-order valence-electron chi connectivity index (χ4n) is 2.32. The Balaban J connectivity index is 1.69. The van der Waals surface area contributed by atoms with Gasteiger partial charge < -0.3 is 9.47 Å². The van der Waals surface area contributed by atoms with Gasteiger partial charge in [-0.2, -0.15) is 0 Å². The van der Waals surface area contributed by atoms with Crippen molar-refractivity contribution in [3.05, 3.63) is 58.6 Å². The molecule has 2 nitrogen and oxygen atoms in total. The highest BCUT2D eigenvalue weighted by Gasteiger charge is 2.21. The molecule has 0 aliphatic carbocycles. The highest BCUT2D eigenvalue weighted by atomic mass is 79.9. The van der Waals surface area contributed by atoms with E-state index in [0.717, 1.165) is 29.0 Å². The van der Waals surface area contributed by atoms with Crippen molar-refractivity contribution in [2.45, 2.75) is 12.3 Å². The van der Waals surface area contributed by atoms with E-state index in [4.69, 9.17) is 9.47 Å². The van der Waals surface area contributed by atoms with Crippen LogP contribution in [0.15, 0.2) is 53.0 Å². The molecule has 0 aromatic heterocycles. The van der Waals surface area contributed by atoms with E-state index in [0.29, 0.717) is 12.5 Å². The molecule has 1 aliphatic rings. The van der Waals surface area contributed by atoms with Crippen molar-refractivity contribution >= 4 is 15.9 Å². The topological polar surface area (TPSA) is 18.5 Å². The predicted molar refractivity (Wildman–Crippen MR) is 78.9 cm³/mol. The summed E-state index contributed by atoms with van der Waals surface area (Å²) in [5.41, 5.74) is 1.26. The van der Waals surface area contributed by atoms with Gasteiger partial charge in [0.05, 0.1) is 13.2 Å². The SMILES string of the molecule is Brc1ccc(OCC2CCOc3ccccc32)cc1. The van der Waals surface area contributed by atoms with E-state index in [9.17, 15) is 0 Å². The van der Waals surface area contributed by atoms with E-state index >= 15 is 0 Å². The summed E-state index contributed by atoms with van der Waals surface area (Å²) in [7, 11) is 0. The van der Waals surface area contributed by atoms with E-state index < -0.39 is 0 Å². The summed E-state index contributed by atoms with van der Waals surface area (Å²) in [5.74, 6) is 2.32. The molecular formula is C16H15BrO2. The standard InChI is InChI=1S/C16H15BrO2/c17-13-5-7-14(8-6-13)19-11-12-9-10-18-16-4-2-1-3-15(12)16/h1-8,12H,9-11H2. The normalized spacial score (nSPS) is 17.4. The second-order valence-electron chi connectivity index (χ2n) is 4.64. The molecule has 0 amide bonds. The van der Waals surface area contributed by atoms with Crippen LogP contribution in [0.1, 0.15) is 17.9 Å². The maximum Gasteiger partial charge on any atom is 0.122 e. The zero-order valence-corrected chi connectivity index (χ0v) is 12.1. The van der Waals surface area contributed by atoms with Crippen LogP contribution in [-0.2, 0) is 0 Å². The molecule has 0 saturated heterocycles. The molecule has 98 valence electrons. The number of ether oxygens (including phenoxy) is 2. The summed E-state index contributed by atoms with van der Waals surface area (Å²) >= 11 is 3.42. The number of halogens is 1. The summed E-state index contributed by atoms with van der Waals surface area (Å²) in [6, 6.07) is 16.2. The summed E-state index contributed by atoms with van der Waals surface area (Å²) < 4.78 is 12.6. The first-order chi connectivity index (χ1) is 9.33. The second kappa shape index (κ2) is 5.66. The van der Waals surface area contributed by atoms with Gasteiger partial charge >= 0.3 is 0 Å². The van der Waals surface area contributed by atoms with Crippen LogP contribution in [0.5, 0.6) is 11.5 Å². The fraction of sp³-hybridized carbons (Fsp3) is 0.250. The van der Waals surface area contributed by atoms with Gasteiger partial charge in [0, 0.05) is 16.0 Å². The highest BCUT2D eigenvalue weighted by molar-refractivity contribution is 9.10. The van der Waals surface area contributed by atoms with Crippen LogP contribution < -0.4 is 9.47 Å². The van der Waals surface area contributed by atoms with Crippen molar-refractivity contribution in [1.82, 2.24) is 0 Å². The lowest BCUT2D eigenvalue weighted by atomic mass is 9.94. The predicted octanol–water partition coefficient (Wildman–Crippen LogP) is 4.39. The molecule has 3 heteroatoms. The smallest absolute Gasteiger partial charge is 0.122 e. The van der Waals surface area contributed by atoms with E-state index in [1.54, 1.807) is 0 Å². The molecule has 0 fully saturated rings. The number of hydrogen-bond acceptors (Lipinski definition) is 2. The third kappa shape index (κ3) is 2.92. The van der Waals surface area contributed by atoms with Crippen molar-refractivity contribution in [2.24, 2.45) is 0 Å². The third-order valence-electron chi connectivity index (χ3n) is 3.35. The minimum Gasteiger partial charge on any atom is -0.493 e. The number of benzene rings is 2. The van der Waals surface area contributed by atoms with Crippen LogP contribution in [0.3, 0.4) is 0 Å². The van der Waals surface area contributed by atoms with E-state index in [1.807, 2.05) is 36.4 Å². The maximum atomic E-state index is 5.88. The Morgan fingerprint density at radius 1 is 1.11 bits per heavy atom. The van der Waals surface area contributed by atoms with Gasteiger partial charge in [0.2, 0.25) is 0 Å². The Hall–Kier alpha value is -1.48. The van der Waals surface area contributed by atoms with E-state index in [2.05, 4.69) is 28.1 Å². The van der Waals surface area contributed by atoms with Crippen LogP contribution in [0.4, 0.5) is 0 Å². The van der Waals surface area contributed by atoms with E-state index in [1.165, 1.54) is 5.56 Å². The summed E-state index contributed by atoms with van der Waals surface area (Å²) in [4.78, 5) is 0. The quantitative estimate of drug-likeness (QED) is 0.835. The number of fused-ring (bicyclic) bond motifs is 1. The molecule has 0 spiro atoms. The molecular weight excluding hydrogens is 304 g/mol. The molecule has 1 aliphatic heterocycles. The summed E-state index contributed by atoms with van der Waals surface area (Å²) in [6.07, 6.45) is 1.01. The molecule has 0 saturated carbocycles. The molecule has 3 rings (SSSR count). The molecule has 1 unspecified atom stereocenters. The van der Waals surface area contributed by atoms with Gasteiger partial charge in [0.25, 0.3) is 0 Å². The Labute approximate surface area is 121 Å². The van der Waals surface area contributed by atoms with Gasteiger partial charge in [0.15, 0.2) is 0 Å². The average molecular weight is 319 g/mol. The first-order valence-electron chi connectivity index (χ1n) is 6.43. The minimum atomic E-state index is 0.411. The summed E-state index contributed by atoms with van der Waals surface area (Å²) in [6.45, 7) is 1.47. The van der Waals surface area contributed by atoms with Gasteiger partial charge in [-0.25, -0.2) is 0 Å². The molecule has 0 N–H and O–H groups in total. The minimum absolute atomic E-state index is 0.411. The zero-order chi connectivity index (χ0) is 13.1. The van der Waals surface area contributed by atoms with Gasteiger partial charge in [-0.15, -0.1) is 0 Å². The second-order valence-corrected chi connectivity index (χ2v) is 5.55. The maximum absolute atomic E-state index is 5.88.